The Kier molecular flexibility index (Phi) is 4.23. The molecule has 8 heteroatoms. The van der Waals surface area contributed by atoms with Crippen molar-refractivity contribution >= 4 is 37.9 Å². The fourth-order valence-corrected chi connectivity index (χ4v) is 4.59. The average molecular weight is 396 g/mol. The van der Waals surface area contributed by atoms with E-state index in [0.717, 1.165) is 26.8 Å². The number of hydrogen-bond donors (Lipinski definition) is 0. The molecule has 1 amide bonds. The van der Waals surface area contributed by atoms with Crippen LogP contribution in [-0.4, -0.2) is 46.1 Å². The van der Waals surface area contributed by atoms with Gasteiger partial charge in [0.1, 0.15) is 5.69 Å². The van der Waals surface area contributed by atoms with Crippen molar-refractivity contribution in [3.8, 4) is 0 Å². The highest BCUT2D eigenvalue weighted by Gasteiger charge is 2.27. The Bertz CT molecular complexity index is 1300. The molecule has 4 aromatic rings. The Morgan fingerprint density at radius 3 is 2.50 bits per heavy atom. The molecule has 144 valence electrons. The molecule has 0 bridgehead atoms. The topological polar surface area (TPSA) is 77.2 Å². The first kappa shape index (κ1) is 18.2. The van der Waals surface area contributed by atoms with Crippen LogP contribution in [0.3, 0.4) is 0 Å². The van der Waals surface area contributed by atoms with Crippen LogP contribution in [0.1, 0.15) is 16.2 Å². The highest BCUT2D eigenvalue weighted by molar-refractivity contribution is 7.89. The Morgan fingerprint density at radius 2 is 1.82 bits per heavy atom. The lowest BCUT2D eigenvalue weighted by atomic mass is 10.2. The van der Waals surface area contributed by atoms with Crippen LogP contribution in [0.25, 0.3) is 21.9 Å². The smallest absolute Gasteiger partial charge is 0.271 e. The minimum Gasteiger partial charge on any atom is -0.342 e. The normalized spacial score (nSPS) is 12.0. The molecule has 0 saturated heterocycles. The first-order chi connectivity index (χ1) is 13.3. The van der Waals surface area contributed by atoms with Gasteiger partial charge in [0.25, 0.3) is 5.91 Å². The summed E-state index contributed by atoms with van der Waals surface area (Å²) in [7, 11) is -0.204. The Balaban J connectivity index is 1.89. The predicted molar refractivity (Wildman–Crippen MR) is 109 cm³/mol. The number of pyridine rings is 1. The Morgan fingerprint density at radius 1 is 1.11 bits per heavy atom. The lowest BCUT2D eigenvalue weighted by Crippen LogP contribution is -2.30. The van der Waals surface area contributed by atoms with Gasteiger partial charge < -0.3 is 9.47 Å². The first-order valence-electron chi connectivity index (χ1n) is 8.74. The summed E-state index contributed by atoms with van der Waals surface area (Å²) in [5.74, 6) is -0.378. The maximum atomic E-state index is 13.1. The van der Waals surface area contributed by atoms with E-state index in [-0.39, 0.29) is 18.1 Å². The van der Waals surface area contributed by atoms with E-state index in [9.17, 15) is 13.2 Å². The summed E-state index contributed by atoms with van der Waals surface area (Å²) in [5, 5.41) is 0.789. The number of nitrogens with zero attached hydrogens (tertiary/aromatic N) is 4. The van der Waals surface area contributed by atoms with Crippen LogP contribution in [0.4, 0.5) is 0 Å². The van der Waals surface area contributed by atoms with Crippen molar-refractivity contribution in [1.82, 2.24) is 18.4 Å². The van der Waals surface area contributed by atoms with Crippen molar-refractivity contribution in [2.24, 2.45) is 7.05 Å². The second-order valence-corrected chi connectivity index (χ2v) is 8.68. The van der Waals surface area contributed by atoms with E-state index in [4.69, 9.17) is 0 Å². The number of benzene rings is 1. The SMILES string of the molecule is CN(Cc1ccccn1)C(=O)c1cc2c(c3ccccc3n2C)n1S(C)(=O)=O. The van der Waals surface area contributed by atoms with Crippen molar-refractivity contribution < 1.29 is 13.2 Å². The molecule has 28 heavy (non-hydrogen) atoms. The summed E-state index contributed by atoms with van der Waals surface area (Å²) in [4.78, 5) is 18.8. The molecular weight excluding hydrogens is 376 g/mol. The minimum absolute atomic E-state index is 0.118. The van der Waals surface area contributed by atoms with E-state index in [1.54, 1.807) is 25.4 Å². The zero-order valence-corrected chi connectivity index (χ0v) is 16.6. The Labute approximate surface area is 162 Å². The lowest BCUT2D eigenvalue weighted by molar-refractivity contribution is 0.0777. The number of amides is 1. The van der Waals surface area contributed by atoms with Gasteiger partial charge in [-0.15, -0.1) is 0 Å². The molecule has 0 aliphatic rings. The molecular formula is C20H20N4O3S. The summed E-state index contributed by atoms with van der Waals surface area (Å²) in [5.41, 5.74) is 2.97. The third-order valence-corrected chi connectivity index (χ3v) is 5.89. The highest BCUT2D eigenvalue weighted by atomic mass is 32.2. The standard InChI is InChI=1S/C20H20N4O3S/c1-22(13-14-8-6-7-11-21-14)20(25)18-12-17-19(24(18)28(3,26)27)15-9-4-5-10-16(15)23(17)2/h4-12H,13H2,1-3H3. The molecule has 0 fully saturated rings. The number of aromatic nitrogens is 3. The van der Waals surface area contributed by atoms with Gasteiger partial charge in [0.05, 0.1) is 35.0 Å². The van der Waals surface area contributed by atoms with Gasteiger partial charge in [-0.05, 0) is 24.3 Å². The zero-order valence-electron chi connectivity index (χ0n) is 15.8. The van der Waals surface area contributed by atoms with Gasteiger partial charge in [0.15, 0.2) is 0 Å². The molecule has 0 N–H and O–H groups in total. The predicted octanol–water partition coefficient (Wildman–Crippen LogP) is 2.61. The van der Waals surface area contributed by atoms with Crippen LogP contribution in [0.5, 0.6) is 0 Å². The van der Waals surface area contributed by atoms with Gasteiger partial charge in [0.2, 0.25) is 10.0 Å². The molecule has 7 nitrogen and oxygen atoms in total. The number of fused-ring (bicyclic) bond motifs is 3. The van der Waals surface area contributed by atoms with Crippen molar-refractivity contribution in [3.05, 3.63) is 66.1 Å². The molecule has 1 aromatic carbocycles. The van der Waals surface area contributed by atoms with Gasteiger partial charge >= 0.3 is 0 Å². The van der Waals surface area contributed by atoms with Crippen molar-refractivity contribution in [3.63, 3.8) is 0 Å². The second-order valence-electron chi connectivity index (χ2n) is 6.85. The van der Waals surface area contributed by atoms with E-state index in [2.05, 4.69) is 4.98 Å². The summed E-state index contributed by atoms with van der Waals surface area (Å²) >= 11 is 0. The number of rotatable bonds is 4. The third-order valence-electron chi connectivity index (χ3n) is 4.84. The fraction of sp³-hybridized carbons (Fsp3) is 0.200. The minimum atomic E-state index is -3.71. The zero-order chi connectivity index (χ0) is 20.1. The molecule has 4 rings (SSSR count). The molecule has 0 aliphatic heterocycles. The number of carbonyl (C=O) groups is 1. The second kappa shape index (κ2) is 6.49. The average Bonchev–Trinajstić information content (AvgIpc) is 3.19. The first-order valence-corrected chi connectivity index (χ1v) is 10.6. The quantitative estimate of drug-likeness (QED) is 0.531. The molecule has 0 unspecified atom stereocenters. The third kappa shape index (κ3) is 2.86. The molecule has 3 aromatic heterocycles. The molecule has 0 saturated carbocycles. The van der Waals surface area contributed by atoms with Gasteiger partial charge in [0, 0.05) is 25.7 Å². The van der Waals surface area contributed by atoms with E-state index in [1.807, 2.05) is 48.0 Å². The summed E-state index contributed by atoms with van der Waals surface area (Å²) in [6, 6.07) is 14.7. The van der Waals surface area contributed by atoms with E-state index in [0.29, 0.717) is 11.0 Å². The molecule has 0 aliphatic carbocycles. The molecule has 3 heterocycles. The monoisotopic (exact) mass is 396 g/mol. The summed E-state index contributed by atoms with van der Waals surface area (Å²) in [6.45, 7) is 0.283. The van der Waals surface area contributed by atoms with Gasteiger partial charge in [-0.3, -0.25) is 9.78 Å². The largest absolute Gasteiger partial charge is 0.342 e. The van der Waals surface area contributed by atoms with Gasteiger partial charge in [-0.25, -0.2) is 12.4 Å². The Hall–Kier alpha value is -3.13. The van der Waals surface area contributed by atoms with E-state index in [1.165, 1.54) is 4.90 Å². The fourth-order valence-electron chi connectivity index (χ4n) is 3.58. The van der Waals surface area contributed by atoms with Crippen LogP contribution in [0.2, 0.25) is 0 Å². The van der Waals surface area contributed by atoms with E-state index >= 15 is 0 Å². The van der Waals surface area contributed by atoms with Gasteiger partial charge in [-0.2, -0.15) is 0 Å². The van der Waals surface area contributed by atoms with Crippen molar-refractivity contribution in [2.45, 2.75) is 6.54 Å². The lowest BCUT2D eigenvalue weighted by Gasteiger charge is -2.17. The molecule has 0 atom stereocenters. The summed E-state index contributed by atoms with van der Waals surface area (Å²) < 4.78 is 28.3. The molecule has 0 spiro atoms. The summed E-state index contributed by atoms with van der Waals surface area (Å²) in [6.07, 6.45) is 2.77. The van der Waals surface area contributed by atoms with Crippen molar-refractivity contribution in [2.75, 3.05) is 13.3 Å². The van der Waals surface area contributed by atoms with Crippen molar-refractivity contribution in [1.29, 1.82) is 0 Å². The van der Waals surface area contributed by atoms with E-state index < -0.39 is 10.0 Å². The van der Waals surface area contributed by atoms with Crippen LogP contribution < -0.4 is 0 Å². The maximum absolute atomic E-state index is 13.1. The van der Waals surface area contributed by atoms with Crippen LogP contribution in [0.15, 0.2) is 54.7 Å². The number of carbonyl (C=O) groups excluding carboxylic acids is 1. The molecule has 0 radical (unpaired) electrons. The van der Waals surface area contributed by atoms with Gasteiger partial charge in [-0.1, -0.05) is 24.3 Å². The van der Waals surface area contributed by atoms with Crippen LogP contribution in [0, 0.1) is 0 Å². The highest BCUT2D eigenvalue weighted by Crippen LogP contribution is 2.32. The number of para-hydroxylation sites is 1. The number of aryl methyl sites for hydroxylation is 1. The van der Waals surface area contributed by atoms with Crippen LogP contribution >= 0.6 is 0 Å². The van der Waals surface area contributed by atoms with Crippen LogP contribution in [-0.2, 0) is 23.6 Å². The number of hydrogen-bond acceptors (Lipinski definition) is 4. The maximum Gasteiger partial charge on any atom is 0.271 e.